The van der Waals surface area contributed by atoms with E-state index in [4.69, 9.17) is 17.3 Å². The zero-order chi connectivity index (χ0) is 11.9. The minimum absolute atomic E-state index is 0.185. The smallest absolute Gasteiger partial charge is 0.254 e. The van der Waals surface area contributed by atoms with E-state index < -0.39 is 0 Å². The average Bonchev–Trinajstić information content (AvgIpc) is 2.77. The van der Waals surface area contributed by atoms with Gasteiger partial charge in [-0.15, -0.1) is 0 Å². The van der Waals surface area contributed by atoms with Gasteiger partial charge >= 0.3 is 0 Å². The van der Waals surface area contributed by atoms with Gasteiger partial charge in [0.15, 0.2) is 0 Å². The molecule has 4 nitrogen and oxygen atoms in total. The van der Waals surface area contributed by atoms with Gasteiger partial charge in [-0.2, -0.15) is 0 Å². The molecule has 0 aromatic carbocycles. The van der Waals surface area contributed by atoms with Gasteiger partial charge < -0.3 is 11.1 Å². The fourth-order valence-corrected chi connectivity index (χ4v) is 1.76. The number of hydrogen-bond donors (Lipinski definition) is 2. The molecule has 0 aliphatic heterocycles. The van der Waals surface area contributed by atoms with Crippen LogP contribution in [-0.2, 0) is 0 Å². The maximum atomic E-state index is 11.9. The van der Waals surface area contributed by atoms with Crippen LogP contribution in [0, 0.1) is 5.41 Å². The van der Waals surface area contributed by atoms with Crippen LogP contribution in [0.5, 0.6) is 0 Å². The van der Waals surface area contributed by atoms with E-state index in [0.717, 1.165) is 6.42 Å². The van der Waals surface area contributed by atoms with Crippen molar-refractivity contribution in [2.24, 2.45) is 5.41 Å². The first-order valence-corrected chi connectivity index (χ1v) is 5.50. The Hall–Kier alpha value is -1.29. The fraction of sp³-hybridized carbons (Fsp3) is 0.455. The average molecular weight is 240 g/mol. The Morgan fingerprint density at radius 1 is 1.69 bits per heavy atom. The molecule has 2 rings (SSSR count). The van der Waals surface area contributed by atoms with Gasteiger partial charge in [-0.3, -0.25) is 4.79 Å². The summed E-state index contributed by atoms with van der Waals surface area (Å²) in [5.41, 5.74) is 6.53. The molecule has 1 unspecified atom stereocenters. The summed E-state index contributed by atoms with van der Waals surface area (Å²) in [7, 11) is 0. The Morgan fingerprint density at radius 3 is 2.88 bits per heavy atom. The van der Waals surface area contributed by atoms with Crippen LogP contribution in [-0.4, -0.2) is 16.9 Å². The Morgan fingerprint density at radius 2 is 2.31 bits per heavy atom. The fourth-order valence-electron chi connectivity index (χ4n) is 1.57. The van der Waals surface area contributed by atoms with Crippen molar-refractivity contribution in [2.75, 3.05) is 5.73 Å². The van der Waals surface area contributed by atoms with E-state index in [-0.39, 0.29) is 22.5 Å². The van der Waals surface area contributed by atoms with Gasteiger partial charge in [-0.25, -0.2) is 4.98 Å². The number of halogens is 1. The predicted molar refractivity (Wildman–Crippen MR) is 63.3 cm³/mol. The standard InChI is InChI=1S/C11H14ClN3O/c1-11(2)4-8(11)15-10(16)7-3-6(13)5-14-9(7)12/h3,5,8H,4,13H2,1-2H3,(H,15,16). The van der Waals surface area contributed by atoms with Gasteiger partial charge in [0, 0.05) is 6.04 Å². The van der Waals surface area contributed by atoms with Crippen molar-refractivity contribution < 1.29 is 4.79 Å². The molecule has 1 saturated carbocycles. The molecule has 1 aliphatic rings. The van der Waals surface area contributed by atoms with Crippen molar-refractivity contribution >= 4 is 23.2 Å². The SMILES string of the molecule is CC1(C)CC1NC(=O)c1cc(N)cnc1Cl. The van der Waals surface area contributed by atoms with Crippen molar-refractivity contribution in [2.45, 2.75) is 26.3 Å². The highest BCUT2D eigenvalue weighted by Crippen LogP contribution is 2.44. The Bertz CT molecular complexity index is 445. The number of anilines is 1. The second-order valence-electron chi connectivity index (χ2n) is 4.83. The maximum Gasteiger partial charge on any atom is 0.254 e. The van der Waals surface area contributed by atoms with Crippen molar-refractivity contribution in [1.29, 1.82) is 0 Å². The third-order valence-electron chi connectivity index (χ3n) is 2.92. The molecule has 3 N–H and O–H groups in total. The zero-order valence-corrected chi connectivity index (χ0v) is 10.0. The topological polar surface area (TPSA) is 68.0 Å². The van der Waals surface area contributed by atoms with Crippen LogP contribution < -0.4 is 11.1 Å². The van der Waals surface area contributed by atoms with Gasteiger partial charge in [0.2, 0.25) is 0 Å². The molecule has 1 atom stereocenters. The lowest BCUT2D eigenvalue weighted by Crippen LogP contribution is -2.28. The molecule has 1 aromatic rings. The summed E-state index contributed by atoms with van der Waals surface area (Å²) in [6.07, 6.45) is 2.42. The van der Waals surface area contributed by atoms with Crippen molar-refractivity contribution in [3.8, 4) is 0 Å². The lowest BCUT2D eigenvalue weighted by Gasteiger charge is -2.08. The molecule has 0 saturated heterocycles. The van der Waals surface area contributed by atoms with Gasteiger partial charge in [-0.05, 0) is 17.9 Å². The summed E-state index contributed by atoms with van der Waals surface area (Å²) >= 11 is 5.84. The quantitative estimate of drug-likeness (QED) is 0.774. The lowest BCUT2D eigenvalue weighted by molar-refractivity contribution is 0.0946. The summed E-state index contributed by atoms with van der Waals surface area (Å²) < 4.78 is 0. The number of carbonyl (C=O) groups is 1. The molecular weight excluding hydrogens is 226 g/mol. The summed E-state index contributed by atoms with van der Waals surface area (Å²) in [6, 6.07) is 1.76. The summed E-state index contributed by atoms with van der Waals surface area (Å²) in [5, 5.41) is 3.09. The number of nitrogens with one attached hydrogen (secondary N) is 1. The molecule has 1 amide bonds. The third-order valence-corrected chi connectivity index (χ3v) is 3.22. The highest BCUT2D eigenvalue weighted by Gasteiger charge is 2.46. The normalized spacial score (nSPS) is 21.6. The second kappa shape index (κ2) is 3.63. The van der Waals surface area contributed by atoms with E-state index in [1.807, 2.05) is 0 Å². The molecule has 1 aromatic heterocycles. The van der Waals surface area contributed by atoms with Gasteiger partial charge in [0.25, 0.3) is 5.91 Å². The van der Waals surface area contributed by atoms with Crippen molar-refractivity contribution in [3.05, 3.63) is 23.0 Å². The van der Waals surface area contributed by atoms with Crippen LogP contribution in [0.25, 0.3) is 0 Å². The minimum Gasteiger partial charge on any atom is -0.397 e. The van der Waals surface area contributed by atoms with E-state index in [2.05, 4.69) is 24.1 Å². The van der Waals surface area contributed by atoms with E-state index in [9.17, 15) is 4.79 Å². The molecule has 16 heavy (non-hydrogen) atoms. The molecular formula is C11H14ClN3O. The number of aromatic nitrogens is 1. The lowest BCUT2D eigenvalue weighted by atomic mass is 10.2. The summed E-state index contributed by atoms with van der Waals surface area (Å²) in [4.78, 5) is 15.7. The second-order valence-corrected chi connectivity index (χ2v) is 5.18. The highest BCUT2D eigenvalue weighted by atomic mass is 35.5. The number of amides is 1. The van der Waals surface area contributed by atoms with E-state index in [0.29, 0.717) is 11.3 Å². The van der Waals surface area contributed by atoms with Gasteiger partial charge in [-0.1, -0.05) is 25.4 Å². The first-order valence-electron chi connectivity index (χ1n) is 5.12. The number of pyridine rings is 1. The minimum atomic E-state index is -0.208. The van der Waals surface area contributed by atoms with E-state index in [1.165, 1.54) is 6.20 Å². The molecule has 0 bridgehead atoms. The number of carbonyl (C=O) groups excluding carboxylic acids is 1. The summed E-state index contributed by atoms with van der Waals surface area (Å²) in [5.74, 6) is -0.208. The van der Waals surface area contributed by atoms with Crippen LogP contribution in [0.1, 0.15) is 30.6 Å². The number of nitrogens with zero attached hydrogens (tertiary/aromatic N) is 1. The Kier molecular flexibility index (Phi) is 2.54. The summed E-state index contributed by atoms with van der Waals surface area (Å²) in [6.45, 7) is 4.22. The van der Waals surface area contributed by atoms with Crippen molar-refractivity contribution in [1.82, 2.24) is 10.3 Å². The number of nitrogens with two attached hydrogens (primary N) is 1. The van der Waals surface area contributed by atoms with Gasteiger partial charge in [0.1, 0.15) is 5.15 Å². The number of hydrogen-bond acceptors (Lipinski definition) is 3. The van der Waals surface area contributed by atoms with Crippen LogP contribution in [0.2, 0.25) is 5.15 Å². The Labute approximate surface area is 99.2 Å². The number of nitrogen functional groups attached to an aromatic ring is 1. The molecule has 0 radical (unpaired) electrons. The number of rotatable bonds is 2. The first-order chi connectivity index (χ1) is 7.40. The predicted octanol–water partition coefficient (Wildman–Crippen LogP) is 1.85. The van der Waals surface area contributed by atoms with E-state index in [1.54, 1.807) is 6.07 Å². The van der Waals surface area contributed by atoms with E-state index >= 15 is 0 Å². The first kappa shape index (κ1) is 11.2. The monoisotopic (exact) mass is 239 g/mol. The molecule has 1 heterocycles. The Balaban J connectivity index is 2.12. The maximum absolute atomic E-state index is 11.9. The zero-order valence-electron chi connectivity index (χ0n) is 9.25. The third kappa shape index (κ3) is 2.11. The van der Waals surface area contributed by atoms with Crippen molar-refractivity contribution in [3.63, 3.8) is 0 Å². The molecule has 5 heteroatoms. The van der Waals surface area contributed by atoms with Crippen LogP contribution in [0.4, 0.5) is 5.69 Å². The van der Waals surface area contributed by atoms with Crippen LogP contribution in [0.3, 0.4) is 0 Å². The highest BCUT2D eigenvalue weighted by molar-refractivity contribution is 6.32. The van der Waals surface area contributed by atoms with Crippen LogP contribution in [0.15, 0.2) is 12.3 Å². The molecule has 86 valence electrons. The van der Waals surface area contributed by atoms with Crippen LogP contribution >= 0.6 is 11.6 Å². The van der Waals surface area contributed by atoms with Gasteiger partial charge in [0.05, 0.1) is 17.4 Å². The molecule has 1 aliphatic carbocycles. The largest absolute Gasteiger partial charge is 0.397 e. The molecule has 1 fully saturated rings. The molecule has 0 spiro atoms.